The molecule has 8 nitrogen and oxygen atoms in total. The topological polar surface area (TPSA) is 94.2 Å². The van der Waals surface area contributed by atoms with Crippen molar-refractivity contribution in [2.45, 2.75) is 0 Å². The summed E-state index contributed by atoms with van der Waals surface area (Å²) < 4.78 is 16.4. The van der Waals surface area contributed by atoms with Crippen LogP contribution in [0.4, 0.5) is 11.5 Å². The number of anilines is 2. The molecule has 0 amide bonds. The highest BCUT2D eigenvalue weighted by Gasteiger charge is 2.16. The highest BCUT2D eigenvalue weighted by molar-refractivity contribution is 5.93. The summed E-state index contributed by atoms with van der Waals surface area (Å²) in [5.74, 6) is 2.67. The Labute approximate surface area is 161 Å². The van der Waals surface area contributed by atoms with Crippen LogP contribution in [-0.2, 0) is 0 Å². The predicted molar refractivity (Wildman–Crippen MR) is 107 cm³/mol. The second kappa shape index (κ2) is 7.43. The number of hydrogen-bond donors (Lipinski definition) is 2. The number of aromatic nitrogens is 4. The smallest absolute Gasteiger partial charge is 0.180 e. The van der Waals surface area contributed by atoms with Crippen LogP contribution in [0.1, 0.15) is 0 Å². The number of nitrogens with one attached hydrogen (secondary N) is 2. The Balaban J connectivity index is 1.83. The molecule has 28 heavy (non-hydrogen) atoms. The molecule has 0 unspecified atom stereocenters. The molecule has 0 aliphatic carbocycles. The molecule has 2 heterocycles. The first-order valence-electron chi connectivity index (χ1n) is 8.57. The second-order valence-electron chi connectivity index (χ2n) is 5.94. The minimum absolute atomic E-state index is 0.612. The lowest BCUT2D eigenvalue weighted by molar-refractivity contribution is 0.355. The summed E-state index contributed by atoms with van der Waals surface area (Å²) in [5, 5.41) is 19.3. The largest absolute Gasteiger partial charge is 0.496 e. The lowest BCUT2D eigenvalue weighted by Gasteiger charge is -2.16. The number of ether oxygens (including phenoxy) is 3. The van der Waals surface area contributed by atoms with Crippen LogP contribution < -0.4 is 19.5 Å². The van der Waals surface area contributed by atoms with Crippen molar-refractivity contribution in [2.24, 2.45) is 0 Å². The lowest BCUT2D eigenvalue weighted by Crippen LogP contribution is -1.98. The van der Waals surface area contributed by atoms with Gasteiger partial charge < -0.3 is 19.5 Å². The highest BCUT2D eigenvalue weighted by atomic mass is 16.5. The fourth-order valence-electron chi connectivity index (χ4n) is 3.09. The highest BCUT2D eigenvalue weighted by Crippen LogP contribution is 2.41. The van der Waals surface area contributed by atoms with Gasteiger partial charge in [0.15, 0.2) is 23.0 Å². The Morgan fingerprint density at radius 3 is 2.50 bits per heavy atom. The second-order valence-corrected chi connectivity index (χ2v) is 5.94. The van der Waals surface area contributed by atoms with E-state index in [1.54, 1.807) is 27.5 Å². The van der Waals surface area contributed by atoms with Gasteiger partial charge in [-0.3, -0.25) is 5.10 Å². The molecule has 0 atom stereocenters. The summed E-state index contributed by atoms with van der Waals surface area (Å²) in [5.41, 5.74) is 3.23. The molecule has 0 saturated carbocycles. The minimum atomic E-state index is 0.612. The summed E-state index contributed by atoms with van der Waals surface area (Å²) in [4.78, 5) is 0. The SMILES string of the molecule is COc1ccc(-c2c(Nc3n[nH]c4nnccc34)cccc2OC)cc1OC. The molecule has 4 aromatic rings. The van der Waals surface area contributed by atoms with Gasteiger partial charge in [-0.25, -0.2) is 0 Å². The number of methoxy groups -OCH3 is 3. The van der Waals surface area contributed by atoms with E-state index >= 15 is 0 Å². The van der Waals surface area contributed by atoms with Crippen LogP contribution in [0.2, 0.25) is 0 Å². The van der Waals surface area contributed by atoms with Crippen LogP contribution >= 0.6 is 0 Å². The average Bonchev–Trinajstić information content (AvgIpc) is 3.16. The molecule has 0 spiro atoms. The van der Waals surface area contributed by atoms with Crippen molar-refractivity contribution in [2.75, 3.05) is 26.6 Å². The number of benzene rings is 2. The van der Waals surface area contributed by atoms with Crippen molar-refractivity contribution in [3.8, 4) is 28.4 Å². The van der Waals surface area contributed by atoms with Gasteiger partial charge in [0, 0.05) is 5.56 Å². The maximum Gasteiger partial charge on any atom is 0.180 e. The van der Waals surface area contributed by atoms with Gasteiger partial charge in [-0.2, -0.15) is 10.2 Å². The summed E-state index contributed by atoms with van der Waals surface area (Å²) >= 11 is 0. The molecular weight excluding hydrogens is 358 g/mol. The van der Waals surface area contributed by atoms with Gasteiger partial charge in [-0.1, -0.05) is 12.1 Å². The summed E-state index contributed by atoms with van der Waals surface area (Å²) in [7, 11) is 4.86. The summed E-state index contributed by atoms with van der Waals surface area (Å²) in [6, 6.07) is 13.4. The third-order valence-corrected chi connectivity index (χ3v) is 4.42. The zero-order valence-corrected chi connectivity index (χ0v) is 15.7. The van der Waals surface area contributed by atoms with E-state index in [0.29, 0.717) is 23.0 Å². The minimum Gasteiger partial charge on any atom is -0.496 e. The van der Waals surface area contributed by atoms with E-state index in [4.69, 9.17) is 14.2 Å². The molecule has 0 saturated heterocycles. The van der Waals surface area contributed by atoms with E-state index in [0.717, 1.165) is 28.0 Å². The van der Waals surface area contributed by atoms with Gasteiger partial charge in [-0.15, -0.1) is 5.10 Å². The van der Waals surface area contributed by atoms with Crippen LogP contribution in [0, 0.1) is 0 Å². The van der Waals surface area contributed by atoms with E-state index in [-0.39, 0.29) is 0 Å². The molecule has 0 bridgehead atoms. The number of fused-ring (bicyclic) bond motifs is 1. The zero-order valence-electron chi connectivity index (χ0n) is 15.7. The quantitative estimate of drug-likeness (QED) is 0.528. The Morgan fingerprint density at radius 2 is 1.71 bits per heavy atom. The van der Waals surface area contributed by atoms with Gasteiger partial charge >= 0.3 is 0 Å². The van der Waals surface area contributed by atoms with Gasteiger partial charge in [0.25, 0.3) is 0 Å². The van der Waals surface area contributed by atoms with Gasteiger partial charge in [0.05, 0.1) is 38.6 Å². The van der Waals surface area contributed by atoms with Crippen LogP contribution in [0.15, 0.2) is 48.7 Å². The van der Waals surface area contributed by atoms with Crippen molar-refractivity contribution in [3.63, 3.8) is 0 Å². The fraction of sp³-hybridized carbons (Fsp3) is 0.150. The average molecular weight is 377 g/mol. The number of hydrogen-bond acceptors (Lipinski definition) is 7. The Kier molecular flexibility index (Phi) is 4.67. The molecule has 4 rings (SSSR count). The Morgan fingerprint density at radius 1 is 0.893 bits per heavy atom. The van der Waals surface area contributed by atoms with Crippen LogP contribution in [-0.4, -0.2) is 41.7 Å². The first kappa shape index (κ1) is 17.6. The van der Waals surface area contributed by atoms with Crippen molar-refractivity contribution >= 4 is 22.5 Å². The van der Waals surface area contributed by atoms with Crippen LogP contribution in [0.5, 0.6) is 17.2 Å². The third-order valence-electron chi connectivity index (χ3n) is 4.42. The third kappa shape index (κ3) is 3.05. The molecular formula is C20H19N5O3. The Hall–Kier alpha value is -3.81. The van der Waals surface area contributed by atoms with Crippen molar-refractivity contribution < 1.29 is 14.2 Å². The van der Waals surface area contributed by atoms with E-state index in [9.17, 15) is 0 Å². The fourth-order valence-corrected chi connectivity index (χ4v) is 3.09. The van der Waals surface area contributed by atoms with E-state index < -0.39 is 0 Å². The number of nitrogens with zero attached hydrogens (tertiary/aromatic N) is 3. The molecule has 0 fully saturated rings. The predicted octanol–water partition coefficient (Wildman–Crippen LogP) is 3.79. The van der Waals surface area contributed by atoms with E-state index in [2.05, 4.69) is 25.7 Å². The number of rotatable bonds is 6. The van der Waals surface area contributed by atoms with E-state index in [1.165, 1.54) is 0 Å². The van der Waals surface area contributed by atoms with Crippen molar-refractivity contribution in [3.05, 3.63) is 48.7 Å². The van der Waals surface area contributed by atoms with Gasteiger partial charge in [0.1, 0.15) is 5.75 Å². The van der Waals surface area contributed by atoms with Crippen LogP contribution in [0.3, 0.4) is 0 Å². The molecule has 0 radical (unpaired) electrons. The molecule has 2 aromatic carbocycles. The van der Waals surface area contributed by atoms with E-state index in [1.807, 2.05) is 42.5 Å². The zero-order chi connectivity index (χ0) is 19.5. The normalized spacial score (nSPS) is 10.7. The lowest BCUT2D eigenvalue weighted by atomic mass is 10.0. The standard InChI is InChI=1S/C20H19N5O3/c1-26-15-8-7-12(11-17(15)28-3)18-14(5-4-6-16(18)27-2)22-19-13-9-10-21-23-20(13)25-24-19/h4-11H,1-3H3,(H2,22,23,24,25). The molecule has 0 aliphatic rings. The first-order valence-corrected chi connectivity index (χ1v) is 8.57. The monoisotopic (exact) mass is 377 g/mol. The number of aromatic amines is 1. The summed E-state index contributed by atoms with van der Waals surface area (Å²) in [6.45, 7) is 0. The number of H-pyrrole nitrogens is 1. The molecule has 0 aliphatic heterocycles. The molecule has 8 heteroatoms. The molecule has 142 valence electrons. The van der Waals surface area contributed by atoms with Crippen molar-refractivity contribution in [1.29, 1.82) is 0 Å². The Bertz CT molecular complexity index is 1130. The van der Waals surface area contributed by atoms with Gasteiger partial charge in [0.2, 0.25) is 0 Å². The van der Waals surface area contributed by atoms with Crippen LogP contribution in [0.25, 0.3) is 22.2 Å². The first-order chi connectivity index (χ1) is 13.7. The van der Waals surface area contributed by atoms with Crippen molar-refractivity contribution in [1.82, 2.24) is 20.4 Å². The maximum atomic E-state index is 5.61. The molecule has 2 aromatic heterocycles. The van der Waals surface area contributed by atoms with Gasteiger partial charge in [-0.05, 0) is 35.9 Å². The molecule has 2 N–H and O–H groups in total. The summed E-state index contributed by atoms with van der Waals surface area (Å²) in [6.07, 6.45) is 1.63. The maximum absolute atomic E-state index is 5.61.